The van der Waals surface area contributed by atoms with Crippen LogP contribution in [0, 0.1) is 0 Å². The number of aliphatic hydroxyl groups excluding tert-OH is 1. The van der Waals surface area contributed by atoms with Crippen LogP contribution in [0.5, 0.6) is 6.01 Å². The molecule has 1 N–H and O–H groups in total. The SMILES string of the molecule is C[Si](C)(C)CCOCn1c(O[C@@H]2CO[C@H]3[C@@H]2OC[C@H]3O)nc2nc(-c3ccc(-c4ccc(-n5cccn5)cn4)cc3)c(Cl)cc21. The molecular weight excluding hydrogens is 612 g/mol. The molecule has 5 aromatic rings. The highest BCUT2D eigenvalue weighted by Crippen LogP contribution is 2.34. The van der Waals surface area contributed by atoms with Crippen molar-refractivity contribution in [2.45, 2.75) is 56.8 Å². The van der Waals surface area contributed by atoms with Crippen molar-refractivity contribution in [1.82, 2.24) is 29.3 Å². The number of fused-ring (bicyclic) bond motifs is 2. The number of rotatable bonds is 10. The van der Waals surface area contributed by atoms with Crippen molar-refractivity contribution >= 4 is 30.8 Å². The maximum Gasteiger partial charge on any atom is 0.301 e. The van der Waals surface area contributed by atoms with E-state index in [0.29, 0.717) is 41.1 Å². The van der Waals surface area contributed by atoms with Gasteiger partial charge in [0.25, 0.3) is 0 Å². The van der Waals surface area contributed by atoms with E-state index in [9.17, 15) is 5.11 Å². The van der Waals surface area contributed by atoms with Gasteiger partial charge in [-0.3, -0.25) is 9.55 Å². The number of imidazole rings is 1. The quantitative estimate of drug-likeness (QED) is 0.161. The van der Waals surface area contributed by atoms with Crippen molar-refractivity contribution in [3.8, 4) is 34.2 Å². The molecule has 11 nitrogen and oxygen atoms in total. The van der Waals surface area contributed by atoms with Crippen molar-refractivity contribution in [1.29, 1.82) is 0 Å². The Labute approximate surface area is 266 Å². The highest BCUT2D eigenvalue weighted by molar-refractivity contribution is 6.76. The third kappa shape index (κ3) is 6.26. The lowest BCUT2D eigenvalue weighted by Gasteiger charge is -2.19. The molecular formula is C32H35ClN6O5Si. The molecule has 0 bridgehead atoms. The number of hydrogen-bond donors (Lipinski definition) is 1. The van der Waals surface area contributed by atoms with E-state index in [0.717, 1.165) is 28.6 Å². The normalized spacial score (nSPS) is 21.4. The zero-order valence-electron chi connectivity index (χ0n) is 25.3. The van der Waals surface area contributed by atoms with E-state index in [2.05, 4.69) is 29.7 Å². The predicted octanol–water partition coefficient (Wildman–Crippen LogP) is 5.22. The van der Waals surface area contributed by atoms with Gasteiger partial charge in [0.1, 0.15) is 25.0 Å². The van der Waals surface area contributed by atoms with Crippen LogP contribution in [0.2, 0.25) is 30.7 Å². The summed E-state index contributed by atoms with van der Waals surface area (Å²) in [5, 5.41) is 14.9. The van der Waals surface area contributed by atoms with Crippen LogP contribution in [0.15, 0.2) is 67.1 Å². The van der Waals surface area contributed by atoms with Crippen molar-refractivity contribution in [2.24, 2.45) is 0 Å². The average Bonchev–Trinajstić information content (AvgIpc) is 3.83. The van der Waals surface area contributed by atoms with Crippen LogP contribution in [-0.4, -0.2) is 86.7 Å². The van der Waals surface area contributed by atoms with E-state index in [1.165, 1.54) is 0 Å². The third-order valence-electron chi connectivity index (χ3n) is 8.09. The Morgan fingerprint density at radius 2 is 1.82 bits per heavy atom. The Kier molecular flexibility index (Phi) is 8.19. The molecule has 2 aliphatic heterocycles. The molecule has 7 rings (SSSR count). The molecule has 0 unspecified atom stereocenters. The number of aromatic nitrogens is 6. The first-order valence-electron chi connectivity index (χ1n) is 15.0. The van der Waals surface area contributed by atoms with E-state index in [1.807, 2.05) is 59.3 Å². The highest BCUT2D eigenvalue weighted by atomic mass is 35.5. The molecule has 2 saturated heterocycles. The molecule has 4 atom stereocenters. The fourth-order valence-corrected chi connectivity index (χ4v) is 6.56. The molecule has 4 aromatic heterocycles. The van der Waals surface area contributed by atoms with Crippen LogP contribution >= 0.6 is 11.6 Å². The average molecular weight is 647 g/mol. The molecule has 2 fully saturated rings. The van der Waals surface area contributed by atoms with Crippen LogP contribution in [0.4, 0.5) is 0 Å². The summed E-state index contributed by atoms with van der Waals surface area (Å²) in [6, 6.07) is 17.0. The Balaban J connectivity index is 1.15. The van der Waals surface area contributed by atoms with Crippen LogP contribution in [0.25, 0.3) is 39.4 Å². The molecule has 234 valence electrons. The fourth-order valence-electron chi connectivity index (χ4n) is 5.55. The van der Waals surface area contributed by atoms with E-state index in [-0.39, 0.29) is 19.4 Å². The van der Waals surface area contributed by atoms with E-state index in [1.54, 1.807) is 17.1 Å². The van der Waals surface area contributed by atoms with Gasteiger partial charge in [0, 0.05) is 38.2 Å². The van der Waals surface area contributed by atoms with Crippen LogP contribution in [-0.2, 0) is 20.9 Å². The van der Waals surface area contributed by atoms with Gasteiger partial charge < -0.3 is 24.1 Å². The Morgan fingerprint density at radius 1 is 1.02 bits per heavy atom. The number of aliphatic hydroxyl groups is 1. The van der Waals surface area contributed by atoms with Gasteiger partial charge in [-0.1, -0.05) is 55.5 Å². The summed E-state index contributed by atoms with van der Waals surface area (Å²) in [4.78, 5) is 14.3. The lowest BCUT2D eigenvalue weighted by molar-refractivity contribution is 0.00339. The molecule has 0 amide bonds. The van der Waals surface area contributed by atoms with Crippen LogP contribution in [0.3, 0.4) is 0 Å². The monoisotopic (exact) mass is 646 g/mol. The first kappa shape index (κ1) is 30.0. The van der Waals surface area contributed by atoms with E-state index >= 15 is 0 Å². The van der Waals surface area contributed by atoms with Gasteiger partial charge in [0.05, 0.1) is 47.0 Å². The molecule has 0 aliphatic carbocycles. The lowest BCUT2D eigenvalue weighted by Crippen LogP contribution is -2.35. The largest absolute Gasteiger partial charge is 0.456 e. The van der Waals surface area contributed by atoms with Gasteiger partial charge in [-0.15, -0.1) is 0 Å². The van der Waals surface area contributed by atoms with Gasteiger partial charge in [0.2, 0.25) is 0 Å². The maximum atomic E-state index is 10.2. The number of halogens is 1. The van der Waals surface area contributed by atoms with Gasteiger partial charge in [-0.2, -0.15) is 10.1 Å². The van der Waals surface area contributed by atoms with E-state index < -0.39 is 26.4 Å². The number of hydrogen-bond acceptors (Lipinski definition) is 9. The zero-order valence-corrected chi connectivity index (χ0v) is 27.1. The summed E-state index contributed by atoms with van der Waals surface area (Å²) in [6.07, 6.45) is 3.54. The molecule has 0 radical (unpaired) electrons. The van der Waals surface area contributed by atoms with Crippen LogP contribution in [0.1, 0.15) is 0 Å². The minimum atomic E-state index is -1.27. The first-order valence-corrected chi connectivity index (χ1v) is 19.1. The minimum Gasteiger partial charge on any atom is -0.456 e. The maximum absolute atomic E-state index is 10.2. The summed E-state index contributed by atoms with van der Waals surface area (Å²) < 4.78 is 27.6. The second-order valence-corrected chi connectivity index (χ2v) is 18.6. The number of nitrogens with zero attached hydrogens (tertiary/aromatic N) is 6. The van der Waals surface area contributed by atoms with Crippen molar-refractivity contribution in [3.63, 3.8) is 0 Å². The van der Waals surface area contributed by atoms with E-state index in [4.69, 9.17) is 40.5 Å². The third-order valence-corrected chi connectivity index (χ3v) is 10.1. The Hall–Kier alpha value is -3.65. The summed E-state index contributed by atoms with van der Waals surface area (Å²) >= 11 is 6.85. The summed E-state index contributed by atoms with van der Waals surface area (Å²) in [7, 11) is -1.27. The summed E-state index contributed by atoms with van der Waals surface area (Å²) in [6.45, 7) is 8.33. The molecule has 0 spiro atoms. The topological polar surface area (TPSA) is 119 Å². The fraction of sp³-hybridized carbons (Fsp3) is 0.375. The Bertz CT molecular complexity index is 1780. The van der Waals surface area contributed by atoms with Gasteiger partial charge in [0.15, 0.2) is 11.8 Å². The molecule has 1 aromatic carbocycles. The summed E-state index contributed by atoms with van der Waals surface area (Å²) in [5.41, 5.74) is 5.35. The Morgan fingerprint density at radius 3 is 2.56 bits per heavy atom. The van der Waals surface area contributed by atoms with Crippen molar-refractivity contribution < 1.29 is 24.1 Å². The highest BCUT2D eigenvalue weighted by Gasteiger charge is 2.49. The molecule has 6 heterocycles. The minimum absolute atomic E-state index is 0.220. The number of benzene rings is 1. The number of pyridine rings is 2. The van der Waals surface area contributed by atoms with Crippen molar-refractivity contribution in [2.75, 3.05) is 19.8 Å². The molecule has 45 heavy (non-hydrogen) atoms. The van der Waals surface area contributed by atoms with Gasteiger partial charge in [-0.05, 0) is 30.3 Å². The number of ether oxygens (including phenoxy) is 4. The van der Waals surface area contributed by atoms with Gasteiger partial charge >= 0.3 is 6.01 Å². The second kappa shape index (κ2) is 12.3. The smallest absolute Gasteiger partial charge is 0.301 e. The molecule has 0 saturated carbocycles. The van der Waals surface area contributed by atoms with Gasteiger partial charge in [-0.25, -0.2) is 9.67 Å². The molecule has 13 heteroatoms. The summed E-state index contributed by atoms with van der Waals surface area (Å²) in [5.74, 6) is 0. The lowest BCUT2D eigenvalue weighted by atomic mass is 10.1. The first-order chi connectivity index (χ1) is 21.7. The zero-order chi connectivity index (χ0) is 31.1. The molecule has 2 aliphatic rings. The standard InChI is InChI=1S/C32H35ClN6O5Si/c1-45(2,3)14-13-41-19-38-25-15-23(33)28(36-31(25)37-32(38)44-27-18-43-29-26(40)17-42-30(27)29)21-7-5-20(6-8-21)24-10-9-22(16-34-24)39-12-4-11-35-39/h4-12,15-16,26-27,29-30,40H,13-14,17-19H2,1-3H3/t26-,27-,29-,30-/m1/s1. The van der Waals surface area contributed by atoms with Crippen molar-refractivity contribution in [3.05, 3.63) is 72.1 Å². The predicted molar refractivity (Wildman–Crippen MR) is 172 cm³/mol. The second-order valence-electron chi connectivity index (χ2n) is 12.6. The van der Waals surface area contributed by atoms with Crippen LogP contribution < -0.4 is 4.74 Å².